The van der Waals surface area contributed by atoms with E-state index in [0.29, 0.717) is 24.2 Å². The Kier molecular flexibility index (Phi) is 4.30. The molecule has 0 bridgehead atoms. The minimum Gasteiger partial charge on any atom is -0.303 e. The first kappa shape index (κ1) is 11.4. The van der Waals surface area contributed by atoms with Crippen molar-refractivity contribution in [3.05, 3.63) is 0 Å². The minimum atomic E-state index is 0.225. The summed E-state index contributed by atoms with van der Waals surface area (Å²) in [5.41, 5.74) is 0. The second-order valence-corrected chi connectivity index (χ2v) is 4.73. The van der Waals surface area contributed by atoms with Crippen LogP contribution in [0.4, 0.5) is 0 Å². The highest BCUT2D eigenvalue weighted by molar-refractivity contribution is 5.54. The fourth-order valence-electron chi connectivity index (χ4n) is 2.44. The van der Waals surface area contributed by atoms with E-state index in [0.717, 1.165) is 25.4 Å². The van der Waals surface area contributed by atoms with Crippen LogP contribution in [0.15, 0.2) is 0 Å². The zero-order valence-corrected chi connectivity index (χ0v) is 9.11. The van der Waals surface area contributed by atoms with Crippen molar-refractivity contribution in [3.63, 3.8) is 0 Å². The molecule has 0 aromatic carbocycles. The van der Waals surface area contributed by atoms with Gasteiger partial charge in [0.2, 0.25) is 0 Å². The van der Waals surface area contributed by atoms with Gasteiger partial charge in [0.15, 0.2) is 0 Å². The van der Waals surface area contributed by atoms with Crippen LogP contribution in [0.1, 0.15) is 39.5 Å². The second kappa shape index (κ2) is 5.28. The fraction of sp³-hybridized carbons (Fsp3) is 0.833. The van der Waals surface area contributed by atoms with E-state index in [2.05, 4.69) is 13.8 Å². The highest BCUT2D eigenvalue weighted by Gasteiger charge is 2.29. The molecule has 2 nitrogen and oxygen atoms in total. The standard InChI is InChI=1S/C12H20O2/c1-9-3-4-11(7-12(9)8-14)10(2)5-6-13/h6,8-12H,3-5,7H2,1-2H3/t9-,10-,11+,12-/m1/s1. The molecule has 0 heterocycles. The van der Waals surface area contributed by atoms with Crippen molar-refractivity contribution in [2.45, 2.75) is 39.5 Å². The molecule has 0 aliphatic heterocycles. The molecule has 1 saturated carbocycles. The van der Waals surface area contributed by atoms with Crippen LogP contribution in [0, 0.1) is 23.7 Å². The number of hydrogen-bond donors (Lipinski definition) is 0. The van der Waals surface area contributed by atoms with E-state index in [1.54, 1.807) is 0 Å². The number of rotatable bonds is 4. The van der Waals surface area contributed by atoms with Gasteiger partial charge in [-0.1, -0.05) is 13.8 Å². The lowest BCUT2D eigenvalue weighted by Gasteiger charge is -2.34. The van der Waals surface area contributed by atoms with E-state index in [9.17, 15) is 9.59 Å². The van der Waals surface area contributed by atoms with Crippen LogP contribution in [-0.4, -0.2) is 12.6 Å². The Bertz CT molecular complexity index is 200. The van der Waals surface area contributed by atoms with Crippen molar-refractivity contribution in [1.82, 2.24) is 0 Å². The van der Waals surface area contributed by atoms with Gasteiger partial charge in [0.1, 0.15) is 12.6 Å². The summed E-state index contributed by atoms with van der Waals surface area (Å²) >= 11 is 0. The van der Waals surface area contributed by atoms with E-state index >= 15 is 0 Å². The third kappa shape index (κ3) is 2.66. The van der Waals surface area contributed by atoms with Crippen LogP contribution in [0.25, 0.3) is 0 Å². The van der Waals surface area contributed by atoms with Crippen LogP contribution in [0.2, 0.25) is 0 Å². The van der Waals surface area contributed by atoms with Gasteiger partial charge < -0.3 is 9.59 Å². The van der Waals surface area contributed by atoms with E-state index in [-0.39, 0.29) is 5.92 Å². The van der Waals surface area contributed by atoms with Gasteiger partial charge in [-0.3, -0.25) is 0 Å². The van der Waals surface area contributed by atoms with Gasteiger partial charge in [-0.05, 0) is 37.0 Å². The maximum absolute atomic E-state index is 10.8. The molecule has 4 atom stereocenters. The molecule has 1 aliphatic carbocycles. The Morgan fingerprint density at radius 2 is 2.07 bits per heavy atom. The predicted molar refractivity (Wildman–Crippen MR) is 55.9 cm³/mol. The van der Waals surface area contributed by atoms with Crippen molar-refractivity contribution < 1.29 is 9.59 Å². The first-order chi connectivity index (χ1) is 6.69. The average Bonchev–Trinajstić information content (AvgIpc) is 2.19. The molecule has 2 heteroatoms. The summed E-state index contributed by atoms with van der Waals surface area (Å²) in [6.45, 7) is 4.27. The Morgan fingerprint density at radius 3 is 2.64 bits per heavy atom. The third-order valence-electron chi connectivity index (χ3n) is 3.75. The van der Waals surface area contributed by atoms with Crippen LogP contribution in [0.5, 0.6) is 0 Å². The van der Waals surface area contributed by atoms with Gasteiger partial charge in [-0.15, -0.1) is 0 Å². The smallest absolute Gasteiger partial charge is 0.123 e. The largest absolute Gasteiger partial charge is 0.303 e. The van der Waals surface area contributed by atoms with Crippen molar-refractivity contribution in [1.29, 1.82) is 0 Å². The average molecular weight is 196 g/mol. The topological polar surface area (TPSA) is 34.1 Å². The summed E-state index contributed by atoms with van der Waals surface area (Å²) in [7, 11) is 0. The van der Waals surface area contributed by atoms with Crippen LogP contribution >= 0.6 is 0 Å². The lowest BCUT2D eigenvalue weighted by molar-refractivity contribution is -0.114. The third-order valence-corrected chi connectivity index (χ3v) is 3.75. The van der Waals surface area contributed by atoms with Crippen LogP contribution in [-0.2, 0) is 9.59 Å². The normalized spacial score (nSPS) is 34.9. The van der Waals surface area contributed by atoms with E-state index in [1.165, 1.54) is 6.42 Å². The molecular formula is C12H20O2. The Morgan fingerprint density at radius 1 is 1.36 bits per heavy atom. The molecule has 0 aromatic heterocycles. The minimum absolute atomic E-state index is 0.225. The number of carbonyl (C=O) groups excluding carboxylic acids is 2. The Hall–Kier alpha value is -0.660. The molecule has 0 N–H and O–H groups in total. The van der Waals surface area contributed by atoms with Gasteiger partial charge in [-0.25, -0.2) is 0 Å². The van der Waals surface area contributed by atoms with Gasteiger partial charge in [0.05, 0.1) is 0 Å². The van der Waals surface area contributed by atoms with Crippen molar-refractivity contribution in [2.24, 2.45) is 23.7 Å². The number of hydrogen-bond acceptors (Lipinski definition) is 2. The number of carbonyl (C=O) groups is 2. The van der Waals surface area contributed by atoms with Crippen molar-refractivity contribution in [2.75, 3.05) is 0 Å². The second-order valence-electron chi connectivity index (χ2n) is 4.73. The number of aldehydes is 2. The zero-order valence-electron chi connectivity index (χ0n) is 9.11. The van der Waals surface area contributed by atoms with E-state index < -0.39 is 0 Å². The Balaban J connectivity index is 2.49. The maximum atomic E-state index is 10.8. The Labute approximate surface area is 86.1 Å². The van der Waals surface area contributed by atoms with Gasteiger partial charge >= 0.3 is 0 Å². The molecule has 0 spiro atoms. The molecule has 14 heavy (non-hydrogen) atoms. The van der Waals surface area contributed by atoms with Gasteiger partial charge in [0, 0.05) is 12.3 Å². The molecule has 1 aliphatic rings. The summed E-state index contributed by atoms with van der Waals surface area (Å²) < 4.78 is 0. The molecule has 80 valence electrons. The van der Waals surface area contributed by atoms with Gasteiger partial charge in [-0.2, -0.15) is 0 Å². The monoisotopic (exact) mass is 196 g/mol. The molecule has 0 amide bonds. The van der Waals surface area contributed by atoms with Crippen LogP contribution < -0.4 is 0 Å². The quantitative estimate of drug-likeness (QED) is 0.647. The van der Waals surface area contributed by atoms with Crippen molar-refractivity contribution in [3.8, 4) is 0 Å². The molecule has 0 radical (unpaired) electrons. The summed E-state index contributed by atoms with van der Waals surface area (Å²) in [6, 6.07) is 0. The van der Waals surface area contributed by atoms with Crippen molar-refractivity contribution >= 4 is 12.6 Å². The fourth-order valence-corrected chi connectivity index (χ4v) is 2.44. The van der Waals surface area contributed by atoms with E-state index in [1.807, 2.05) is 0 Å². The lowest BCUT2D eigenvalue weighted by Crippen LogP contribution is -2.27. The molecule has 0 aromatic rings. The summed E-state index contributed by atoms with van der Waals surface area (Å²) in [5, 5.41) is 0. The predicted octanol–water partition coefficient (Wildman–Crippen LogP) is 2.46. The summed E-state index contributed by atoms with van der Waals surface area (Å²) in [6.07, 6.45) is 6.05. The first-order valence-electron chi connectivity index (χ1n) is 5.58. The molecule has 0 unspecified atom stereocenters. The maximum Gasteiger partial charge on any atom is 0.123 e. The van der Waals surface area contributed by atoms with Crippen LogP contribution in [0.3, 0.4) is 0 Å². The molecule has 1 rings (SSSR count). The summed E-state index contributed by atoms with van der Waals surface area (Å²) in [5.74, 6) is 1.78. The molecule has 0 saturated heterocycles. The summed E-state index contributed by atoms with van der Waals surface area (Å²) in [4.78, 5) is 21.2. The first-order valence-corrected chi connectivity index (χ1v) is 5.58. The molecule has 1 fully saturated rings. The molecular weight excluding hydrogens is 176 g/mol. The zero-order chi connectivity index (χ0) is 10.6. The highest BCUT2D eigenvalue weighted by atomic mass is 16.1. The SMILES string of the molecule is C[C@H](CC=O)[C@H]1CC[C@@H](C)[C@@H](C=O)C1. The lowest BCUT2D eigenvalue weighted by atomic mass is 9.71. The van der Waals surface area contributed by atoms with Gasteiger partial charge in [0.25, 0.3) is 0 Å². The highest BCUT2D eigenvalue weighted by Crippen LogP contribution is 2.37. The van der Waals surface area contributed by atoms with E-state index in [4.69, 9.17) is 0 Å².